The summed E-state index contributed by atoms with van der Waals surface area (Å²) in [5.41, 5.74) is 7.65. The largest absolute Gasteiger partial charge is 0.330 e. The molecule has 1 aromatic carbocycles. The van der Waals surface area contributed by atoms with E-state index in [9.17, 15) is 4.79 Å². The molecule has 1 amide bonds. The second-order valence-corrected chi connectivity index (χ2v) is 6.38. The van der Waals surface area contributed by atoms with Gasteiger partial charge in [0, 0.05) is 12.1 Å². The van der Waals surface area contributed by atoms with E-state index in [1.165, 1.54) is 19.3 Å². The van der Waals surface area contributed by atoms with Gasteiger partial charge in [0.05, 0.1) is 18.1 Å². The summed E-state index contributed by atoms with van der Waals surface area (Å²) in [5, 5.41) is 10.7. The van der Waals surface area contributed by atoms with Crippen LogP contribution in [0.25, 0.3) is 5.69 Å². The summed E-state index contributed by atoms with van der Waals surface area (Å²) in [7, 11) is 0. The Hall–Kier alpha value is -1.92. The molecule has 2 aromatic rings. The van der Waals surface area contributed by atoms with E-state index < -0.39 is 0 Å². The molecule has 1 saturated carbocycles. The number of rotatable bonds is 5. The first kappa shape index (κ1) is 18.4. The highest BCUT2D eigenvalue weighted by atomic mass is 35.5. The van der Waals surface area contributed by atoms with Crippen LogP contribution in [0.4, 0.5) is 5.69 Å². The molecule has 0 saturated heterocycles. The first-order valence-corrected chi connectivity index (χ1v) is 8.17. The lowest BCUT2D eigenvalue weighted by atomic mass is 9.71. The Morgan fingerprint density at radius 2 is 1.92 bits per heavy atom. The van der Waals surface area contributed by atoms with E-state index in [4.69, 9.17) is 5.73 Å². The molecule has 0 unspecified atom stereocenters. The average molecular weight is 350 g/mol. The molecule has 7 heteroatoms. The summed E-state index contributed by atoms with van der Waals surface area (Å²) in [6.07, 6.45) is 9.65. The van der Waals surface area contributed by atoms with Crippen LogP contribution >= 0.6 is 12.4 Å². The first-order chi connectivity index (χ1) is 11.2. The summed E-state index contributed by atoms with van der Waals surface area (Å²) in [6.45, 7) is 0.589. The van der Waals surface area contributed by atoms with E-state index in [0.717, 1.165) is 24.2 Å². The fourth-order valence-corrected chi connectivity index (χ4v) is 3.34. The number of nitrogens with zero attached hydrogens (tertiary/aromatic N) is 3. The maximum atomic E-state index is 12.4. The van der Waals surface area contributed by atoms with Gasteiger partial charge in [-0.2, -0.15) is 0 Å². The van der Waals surface area contributed by atoms with Crippen molar-refractivity contribution in [2.75, 3.05) is 11.9 Å². The molecule has 1 heterocycles. The molecule has 6 nitrogen and oxygen atoms in total. The van der Waals surface area contributed by atoms with Gasteiger partial charge in [0.2, 0.25) is 5.91 Å². The number of amides is 1. The van der Waals surface area contributed by atoms with E-state index in [1.807, 2.05) is 24.3 Å². The molecular weight excluding hydrogens is 326 g/mol. The second-order valence-electron chi connectivity index (χ2n) is 6.38. The van der Waals surface area contributed by atoms with Crippen LogP contribution in [0.5, 0.6) is 0 Å². The number of carbonyl (C=O) groups is 1. The van der Waals surface area contributed by atoms with Crippen molar-refractivity contribution in [3.8, 4) is 5.69 Å². The number of anilines is 1. The summed E-state index contributed by atoms with van der Waals surface area (Å²) in [4.78, 5) is 12.4. The predicted octanol–water partition coefficient (Wildman–Crippen LogP) is 2.93. The molecule has 0 atom stereocenters. The van der Waals surface area contributed by atoms with Gasteiger partial charge in [-0.25, -0.2) is 4.68 Å². The molecule has 3 N–H and O–H groups in total. The minimum atomic E-state index is -0.0109. The van der Waals surface area contributed by atoms with Crippen molar-refractivity contribution in [3.05, 3.63) is 36.7 Å². The zero-order valence-corrected chi connectivity index (χ0v) is 14.5. The maximum absolute atomic E-state index is 12.4. The Kier molecular flexibility index (Phi) is 6.34. The minimum Gasteiger partial charge on any atom is -0.330 e. The van der Waals surface area contributed by atoms with Crippen molar-refractivity contribution in [1.82, 2.24) is 15.0 Å². The number of aromatic nitrogens is 3. The Labute approximate surface area is 148 Å². The number of benzene rings is 1. The molecule has 0 radical (unpaired) electrons. The quantitative estimate of drug-likeness (QED) is 0.869. The minimum absolute atomic E-state index is 0. The summed E-state index contributed by atoms with van der Waals surface area (Å²) in [6, 6.07) is 7.57. The Morgan fingerprint density at radius 3 is 2.50 bits per heavy atom. The number of halogens is 1. The van der Waals surface area contributed by atoms with E-state index in [1.54, 1.807) is 17.1 Å². The van der Waals surface area contributed by atoms with E-state index in [2.05, 4.69) is 15.6 Å². The van der Waals surface area contributed by atoms with Crippen molar-refractivity contribution in [2.45, 2.75) is 38.5 Å². The van der Waals surface area contributed by atoms with Crippen LogP contribution in [0, 0.1) is 5.41 Å². The van der Waals surface area contributed by atoms with Crippen molar-refractivity contribution in [3.63, 3.8) is 0 Å². The van der Waals surface area contributed by atoms with Gasteiger partial charge in [0.1, 0.15) is 0 Å². The summed E-state index contributed by atoms with van der Waals surface area (Å²) < 4.78 is 1.68. The number of carbonyl (C=O) groups excluding carboxylic acids is 1. The fraction of sp³-hybridized carbons (Fsp3) is 0.471. The van der Waals surface area contributed by atoms with Gasteiger partial charge in [-0.05, 0) is 49.1 Å². The van der Waals surface area contributed by atoms with Crippen LogP contribution in [0.15, 0.2) is 36.7 Å². The molecule has 24 heavy (non-hydrogen) atoms. The molecule has 0 bridgehead atoms. The lowest BCUT2D eigenvalue weighted by Crippen LogP contribution is -2.36. The van der Waals surface area contributed by atoms with Crippen LogP contribution in [0.2, 0.25) is 0 Å². The maximum Gasteiger partial charge on any atom is 0.224 e. The number of nitrogens with two attached hydrogens (primary N) is 1. The molecule has 1 aliphatic rings. The monoisotopic (exact) mass is 349 g/mol. The van der Waals surface area contributed by atoms with Crippen LogP contribution in [-0.2, 0) is 4.79 Å². The average Bonchev–Trinajstić information content (AvgIpc) is 3.11. The van der Waals surface area contributed by atoms with E-state index in [0.29, 0.717) is 13.0 Å². The van der Waals surface area contributed by atoms with E-state index >= 15 is 0 Å². The lowest BCUT2D eigenvalue weighted by molar-refractivity contribution is -0.118. The van der Waals surface area contributed by atoms with Crippen molar-refractivity contribution < 1.29 is 4.79 Å². The predicted molar refractivity (Wildman–Crippen MR) is 96.4 cm³/mol. The standard InChI is InChI=1S/C17H23N5O.ClH/c18-13-17(8-2-1-3-9-17)12-16(23)20-14-4-6-15(7-5-14)22-11-10-19-21-22;/h4-7,10-11H,1-3,8-9,12-13,18H2,(H,20,23);1H. The molecule has 1 aliphatic carbocycles. The van der Waals surface area contributed by atoms with Crippen LogP contribution in [0.1, 0.15) is 38.5 Å². The molecule has 0 aliphatic heterocycles. The Bertz CT molecular complexity index is 636. The number of hydrogen-bond acceptors (Lipinski definition) is 4. The SMILES string of the molecule is Cl.NCC1(CC(=O)Nc2ccc(-n3ccnn3)cc2)CCCCC1. The van der Waals surface area contributed by atoms with Gasteiger partial charge in [0.15, 0.2) is 0 Å². The van der Waals surface area contributed by atoms with Gasteiger partial charge >= 0.3 is 0 Å². The van der Waals surface area contributed by atoms with E-state index in [-0.39, 0.29) is 23.7 Å². The van der Waals surface area contributed by atoms with Gasteiger partial charge in [0.25, 0.3) is 0 Å². The second kappa shape index (κ2) is 8.26. The third kappa shape index (κ3) is 4.33. The van der Waals surface area contributed by atoms with Gasteiger partial charge in [-0.1, -0.05) is 24.5 Å². The van der Waals surface area contributed by atoms with Gasteiger partial charge < -0.3 is 11.1 Å². The molecule has 3 rings (SSSR count). The van der Waals surface area contributed by atoms with Crippen molar-refractivity contribution >= 4 is 24.0 Å². The van der Waals surface area contributed by atoms with Crippen LogP contribution in [0.3, 0.4) is 0 Å². The summed E-state index contributed by atoms with van der Waals surface area (Å²) >= 11 is 0. The lowest BCUT2D eigenvalue weighted by Gasteiger charge is -2.35. The van der Waals surface area contributed by atoms with Gasteiger partial charge in [-0.3, -0.25) is 4.79 Å². The van der Waals surface area contributed by atoms with Crippen molar-refractivity contribution in [1.29, 1.82) is 0 Å². The number of nitrogens with one attached hydrogen (secondary N) is 1. The zero-order valence-electron chi connectivity index (χ0n) is 13.6. The zero-order chi connectivity index (χ0) is 16.1. The summed E-state index contributed by atoms with van der Waals surface area (Å²) in [5.74, 6) is 0.0471. The highest BCUT2D eigenvalue weighted by molar-refractivity contribution is 5.91. The first-order valence-electron chi connectivity index (χ1n) is 8.17. The number of hydrogen-bond donors (Lipinski definition) is 2. The molecular formula is C17H24ClN5O. The van der Waals surface area contributed by atoms with Gasteiger partial charge in [-0.15, -0.1) is 17.5 Å². The smallest absolute Gasteiger partial charge is 0.224 e. The van der Waals surface area contributed by atoms with Crippen molar-refractivity contribution in [2.24, 2.45) is 11.1 Å². The topological polar surface area (TPSA) is 85.8 Å². The fourth-order valence-electron chi connectivity index (χ4n) is 3.34. The molecule has 1 fully saturated rings. The normalized spacial score (nSPS) is 16.2. The third-order valence-corrected chi connectivity index (χ3v) is 4.72. The highest BCUT2D eigenvalue weighted by Gasteiger charge is 2.32. The Balaban J connectivity index is 0.00000208. The Morgan fingerprint density at radius 1 is 1.21 bits per heavy atom. The van der Waals surface area contributed by atoms with Crippen LogP contribution < -0.4 is 11.1 Å². The molecule has 0 spiro atoms. The third-order valence-electron chi connectivity index (χ3n) is 4.72. The highest BCUT2D eigenvalue weighted by Crippen LogP contribution is 2.38. The van der Waals surface area contributed by atoms with Crippen LogP contribution in [-0.4, -0.2) is 27.4 Å². The molecule has 130 valence electrons. The molecule has 1 aromatic heterocycles.